The summed E-state index contributed by atoms with van der Waals surface area (Å²) in [7, 11) is 1.63. The number of methoxy groups -OCH3 is 1. The third-order valence-electron chi connectivity index (χ3n) is 5.21. The molecule has 0 fully saturated rings. The Labute approximate surface area is 204 Å². The third kappa shape index (κ3) is 7.61. The minimum atomic E-state index is -0.662. The maximum absolute atomic E-state index is 13.2. The minimum Gasteiger partial charge on any atom is -0.497 e. The van der Waals surface area contributed by atoms with Crippen molar-refractivity contribution >= 4 is 46.8 Å². The summed E-state index contributed by atoms with van der Waals surface area (Å²) in [5.74, 6) is 1.35. The summed E-state index contributed by atoms with van der Waals surface area (Å²) in [4.78, 5) is 27.5. The average Bonchev–Trinajstić information content (AvgIpc) is 2.78. The van der Waals surface area contributed by atoms with Crippen molar-refractivity contribution in [2.24, 2.45) is 0 Å². The van der Waals surface area contributed by atoms with Gasteiger partial charge in [-0.3, -0.25) is 9.59 Å². The van der Waals surface area contributed by atoms with Crippen LogP contribution in [0.2, 0.25) is 10.0 Å². The molecule has 2 aromatic carbocycles. The number of thioether (sulfide) groups is 1. The Morgan fingerprint density at radius 2 is 1.72 bits per heavy atom. The first kappa shape index (κ1) is 26.4. The number of nitrogens with zero attached hydrogens (tertiary/aromatic N) is 1. The Morgan fingerprint density at radius 3 is 2.28 bits per heavy atom. The molecule has 2 rings (SSSR count). The molecule has 0 aliphatic heterocycles. The highest BCUT2D eigenvalue weighted by molar-refractivity contribution is 7.99. The molecule has 0 radical (unpaired) electrons. The second-order valence-corrected chi connectivity index (χ2v) is 9.36. The van der Waals surface area contributed by atoms with Crippen molar-refractivity contribution in [3.8, 4) is 5.75 Å². The Balaban J connectivity index is 2.12. The van der Waals surface area contributed by atoms with E-state index >= 15 is 0 Å². The number of halogens is 2. The summed E-state index contributed by atoms with van der Waals surface area (Å²) in [5.41, 5.74) is 1.72. The SMILES string of the molecule is CC[C@@H](C)NC(=O)[C@@H](C)N(Cc1c(Cl)cccc1Cl)C(=O)CSCc1ccc(OC)cc1. The highest BCUT2D eigenvalue weighted by Crippen LogP contribution is 2.27. The third-order valence-corrected chi connectivity index (χ3v) is 6.91. The maximum Gasteiger partial charge on any atom is 0.242 e. The molecule has 0 unspecified atom stereocenters. The van der Waals surface area contributed by atoms with E-state index in [9.17, 15) is 9.59 Å². The topological polar surface area (TPSA) is 58.6 Å². The van der Waals surface area contributed by atoms with E-state index in [-0.39, 0.29) is 30.2 Å². The van der Waals surface area contributed by atoms with Gasteiger partial charge in [0.25, 0.3) is 0 Å². The number of nitrogens with one attached hydrogen (secondary N) is 1. The molecule has 2 aromatic rings. The van der Waals surface area contributed by atoms with Crippen molar-refractivity contribution in [3.05, 3.63) is 63.6 Å². The standard InChI is InChI=1S/C24H30Cl2N2O3S/c1-5-16(2)27-24(30)17(3)28(13-20-21(25)7-6-8-22(20)26)23(29)15-32-14-18-9-11-19(31-4)12-10-18/h6-12,16-17H,5,13-15H2,1-4H3,(H,27,30)/t16-,17-/m1/s1. The number of ether oxygens (including phenoxy) is 1. The molecule has 0 saturated carbocycles. The quantitative estimate of drug-likeness (QED) is 0.441. The second kappa shape index (κ2) is 13.0. The van der Waals surface area contributed by atoms with Crippen LogP contribution in [0.25, 0.3) is 0 Å². The van der Waals surface area contributed by atoms with Gasteiger partial charge in [-0.2, -0.15) is 0 Å². The van der Waals surface area contributed by atoms with Crippen LogP contribution >= 0.6 is 35.0 Å². The fraction of sp³-hybridized carbons (Fsp3) is 0.417. The molecule has 174 valence electrons. The molecule has 0 bridgehead atoms. The van der Waals surface area contributed by atoms with E-state index in [1.54, 1.807) is 37.1 Å². The van der Waals surface area contributed by atoms with Crippen molar-refractivity contribution in [1.82, 2.24) is 10.2 Å². The highest BCUT2D eigenvalue weighted by atomic mass is 35.5. The maximum atomic E-state index is 13.2. The molecular weight excluding hydrogens is 467 g/mol. The van der Waals surface area contributed by atoms with Gasteiger partial charge >= 0.3 is 0 Å². The van der Waals surface area contributed by atoms with Crippen molar-refractivity contribution in [2.75, 3.05) is 12.9 Å². The van der Waals surface area contributed by atoms with Gasteiger partial charge in [-0.25, -0.2) is 0 Å². The normalized spacial score (nSPS) is 12.7. The van der Waals surface area contributed by atoms with Crippen molar-refractivity contribution in [2.45, 2.75) is 51.6 Å². The van der Waals surface area contributed by atoms with E-state index in [2.05, 4.69) is 5.32 Å². The average molecular weight is 497 g/mol. The predicted octanol–water partition coefficient (Wildman–Crippen LogP) is 5.57. The first-order valence-electron chi connectivity index (χ1n) is 10.5. The lowest BCUT2D eigenvalue weighted by Gasteiger charge is -2.30. The van der Waals surface area contributed by atoms with Gasteiger partial charge in [0, 0.05) is 33.9 Å². The fourth-order valence-electron chi connectivity index (χ4n) is 2.96. The molecule has 2 atom stereocenters. The zero-order valence-corrected chi connectivity index (χ0v) is 21.2. The van der Waals surface area contributed by atoms with E-state index in [4.69, 9.17) is 27.9 Å². The molecule has 0 aliphatic carbocycles. The molecule has 1 N–H and O–H groups in total. The van der Waals surface area contributed by atoms with Crippen molar-refractivity contribution in [1.29, 1.82) is 0 Å². The van der Waals surface area contributed by atoms with Gasteiger partial charge in [0.05, 0.1) is 12.9 Å². The van der Waals surface area contributed by atoms with Gasteiger partial charge in [-0.1, -0.05) is 48.3 Å². The molecule has 0 aliphatic rings. The predicted molar refractivity (Wildman–Crippen MR) is 134 cm³/mol. The lowest BCUT2D eigenvalue weighted by molar-refractivity contribution is -0.138. The lowest BCUT2D eigenvalue weighted by atomic mass is 10.1. The van der Waals surface area contributed by atoms with Gasteiger partial charge in [-0.05, 0) is 50.1 Å². The monoisotopic (exact) mass is 496 g/mol. The molecular formula is C24H30Cl2N2O3S. The summed E-state index contributed by atoms with van der Waals surface area (Å²) in [6.07, 6.45) is 0.806. The van der Waals surface area contributed by atoms with Crippen LogP contribution in [-0.4, -0.2) is 41.7 Å². The lowest BCUT2D eigenvalue weighted by Crippen LogP contribution is -2.50. The van der Waals surface area contributed by atoms with Gasteiger partial charge in [0.2, 0.25) is 11.8 Å². The summed E-state index contributed by atoms with van der Waals surface area (Å²) in [5, 5.41) is 3.89. The summed E-state index contributed by atoms with van der Waals surface area (Å²) >= 11 is 14.2. The van der Waals surface area contributed by atoms with Crippen LogP contribution < -0.4 is 10.1 Å². The fourth-order valence-corrected chi connectivity index (χ4v) is 4.35. The summed E-state index contributed by atoms with van der Waals surface area (Å²) in [6.45, 7) is 5.83. The Bertz CT molecular complexity index is 888. The molecule has 0 spiro atoms. The molecule has 2 amide bonds. The molecule has 8 heteroatoms. The van der Waals surface area contributed by atoms with E-state index in [0.717, 1.165) is 17.7 Å². The van der Waals surface area contributed by atoms with Gasteiger partial charge in [-0.15, -0.1) is 11.8 Å². The number of benzene rings is 2. The smallest absolute Gasteiger partial charge is 0.242 e. The van der Waals surface area contributed by atoms with Crippen LogP contribution in [0.15, 0.2) is 42.5 Å². The number of hydrogen-bond donors (Lipinski definition) is 1. The zero-order chi connectivity index (χ0) is 23.7. The Kier molecular flexibility index (Phi) is 10.7. The van der Waals surface area contributed by atoms with Crippen LogP contribution in [0, 0.1) is 0 Å². The molecule has 0 heterocycles. The van der Waals surface area contributed by atoms with Crippen molar-refractivity contribution in [3.63, 3.8) is 0 Å². The van der Waals surface area contributed by atoms with Gasteiger partial charge in [0.15, 0.2) is 0 Å². The number of carbonyl (C=O) groups is 2. The summed E-state index contributed by atoms with van der Waals surface area (Å²) in [6, 6.07) is 12.3. The Morgan fingerprint density at radius 1 is 1.09 bits per heavy atom. The molecule has 0 aromatic heterocycles. The van der Waals surface area contributed by atoms with Crippen LogP contribution in [0.1, 0.15) is 38.3 Å². The van der Waals surface area contributed by atoms with E-state index in [0.29, 0.717) is 21.4 Å². The molecule has 0 saturated heterocycles. The van der Waals surface area contributed by atoms with E-state index in [1.807, 2.05) is 38.1 Å². The van der Waals surface area contributed by atoms with Gasteiger partial charge < -0.3 is 15.0 Å². The Hall–Kier alpha value is -1.89. The van der Waals surface area contributed by atoms with E-state index in [1.165, 1.54) is 11.8 Å². The van der Waals surface area contributed by atoms with Crippen LogP contribution in [0.5, 0.6) is 5.75 Å². The van der Waals surface area contributed by atoms with Gasteiger partial charge in [0.1, 0.15) is 11.8 Å². The molecule has 5 nitrogen and oxygen atoms in total. The molecule has 32 heavy (non-hydrogen) atoms. The van der Waals surface area contributed by atoms with Crippen LogP contribution in [0.3, 0.4) is 0 Å². The van der Waals surface area contributed by atoms with Crippen LogP contribution in [-0.2, 0) is 21.9 Å². The number of amides is 2. The summed E-state index contributed by atoms with van der Waals surface area (Å²) < 4.78 is 5.18. The first-order valence-corrected chi connectivity index (χ1v) is 12.4. The minimum absolute atomic E-state index is 0.0234. The second-order valence-electron chi connectivity index (χ2n) is 7.56. The number of hydrogen-bond acceptors (Lipinski definition) is 4. The first-order chi connectivity index (χ1) is 15.3. The number of rotatable bonds is 11. The van der Waals surface area contributed by atoms with Crippen LogP contribution in [0.4, 0.5) is 0 Å². The van der Waals surface area contributed by atoms with Crippen molar-refractivity contribution < 1.29 is 14.3 Å². The zero-order valence-electron chi connectivity index (χ0n) is 18.9. The highest BCUT2D eigenvalue weighted by Gasteiger charge is 2.27. The largest absolute Gasteiger partial charge is 0.497 e. The number of carbonyl (C=O) groups excluding carboxylic acids is 2. The van der Waals surface area contributed by atoms with E-state index < -0.39 is 6.04 Å².